The van der Waals surface area contributed by atoms with Gasteiger partial charge in [0, 0.05) is 18.2 Å². The molecule has 0 atom stereocenters. The van der Waals surface area contributed by atoms with Crippen LogP contribution in [0.15, 0.2) is 18.5 Å². The highest BCUT2D eigenvalue weighted by molar-refractivity contribution is 5.56. The van der Waals surface area contributed by atoms with Crippen molar-refractivity contribution in [3.8, 4) is 5.75 Å². The van der Waals surface area contributed by atoms with E-state index in [-0.39, 0.29) is 0 Å². The number of rotatable bonds is 3. The molecule has 1 aromatic rings. The van der Waals surface area contributed by atoms with Gasteiger partial charge in [0.15, 0.2) is 0 Å². The molecule has 58 valence electrons. The number of aromatic nitrogens is 1. The van der Waals surface area contributed by atoms with Gasteiger partial charge in [0.2, 0.25) is 0 Å². The SMILES string of the molecule is COc1cnccc1CC=O. The lowest BCUT2D eigenvalue weighted by Crippen LogP contribution is -1.93. The number of carbonyl (C=O) groups is 1. The van der Waals surface area contributed by atoms with Crippen molar-refractivity contribution in [2.45, 2.75) is 6.42 Å². The number of hydrogen-bond donors (Lipinski definition) is 0. The molecule has 0 spiro atoms. The molecule has 0 aliphatic heterocycles. The maximum absolute atomic E-state index is 10.2. The van der Waals surface area contributed by atoms with Crippen molar-refractivity contribution in [2.24, 2.45) is 0 Å². The van der Waals surface area contributed by atoms with Crippen LogP contribution in [0.3, 0.4) is 0 Å². The molecular formula is C8H9NO2. The number of pyridine rings is 1. The number of carbonyl (C=O) groups excluding carboxylic acids is 1. The second-order valence-electron chi connectivity index (χ2n) is 2.06. The minimum atomic E-state index is 0.381. The maximum Gasteiger partial charge on any atom is 0.140 e. The van der Waals surface area contributed by atoms with E-state index in [9.17, 15) is 4.79 Å². The second-order valence-corrected chi connectivity index (χ2v) is 2.06. The Bertz CT molecular complexity index is 248. The Balaban J connectivity index is 2.92. The summed E-state index contributed by atoms with van der Waals surface area (Å²) in [4.78, 5) is 14.0. The van der Waals surface area contributed by atoms with E-state index in [0.717, 1.165) is 11.8 Å². The van der Waals surface area contributed by atoms with Crippen molar-refractivity contribution >= 4 is 6.29 Å². The van der Waals surface area contributed by atoms with Crippen molar-refractivity contribution in [2.75, 3.05) is 7.11 Å². The molecule has 3 nitrogen and oxygen atoms in total. The first-order valence-electron chi connectivity index (χ1n) is 3.29. The number of ether oxygens (including phenoxy) is 1. The van der Waals surface area contributed by atoms with Gasteiger partial charge in [0.1, 0.15) is 12.0 Å². The number of aldehydes is 1. The summed E-state index contributed by atoms with van der Waals surface area (Å²) in [5.74, 6) is 0.666. The fourth-order valence-electron chi connectivity index (χ4n) is 0.851. The lowest BCUT2D eigenvalue weighted by molar-refractivity contribution is -0.107. The Kier molecular flexibility index (Phi) is 2.60. The van der Waals surface area contributed by atoms with Crippen LogP contribution in [0.4, 0.5) is 0 Å². The molecule has 0 unspecified atom stereocenters. The van der Waals surface area contributed by atoms with Gasteiger partial charge in [-0.2, -0.15) is 0 Å². The Labute approximate surface area is 65.0 Å². The van der Waals surface area contributed by atoms with Crippen LogP contribution < -0.4 is 4.74 Å². The number of methoxy groups -OCH3 is 1. The molecule has 0 bridgehead atoms. The summed E-state index contributed by atoms with van der Waals surface area (Å²) in [5, 5.41) is 0. The van der Waals surface area contributed by atoms with Gasteiger partial charge in [0.25, 0.3) is 0 Å². The fraction of sp³-hybridized carbons (Fsp3) is 0.250. The van der Waals surface area contributed by atoms with Crippen molar-refractivity contribution in [1.29, 1.82) is 0 Å². The molecule has 0 aromatic carbocycles. The molecule has 11 heavy (non-hydrogen) atoms. The average molecular weight is 151 g/mol. The van der Waals surface area contributed by atoms with Crippen LogP contribution in [0.25, 0.3) is 0 Å². The molecule has 1 aromatic heterocycles. The van der Waals surface area contributed by atoms with E-state index < -0.39 is 0 Å². The monoisotopic (exact) mass is 151 g/mol. The first-order valence-corrected chi connectivity index (χ1v) is 3.29. The average Bonchev–Trinajstić information content (AvgIpc) is 2.06. The van der Waals surface area contributed by atoms with Gasteiger partial charge in [-0.1, -0.05) is 0 Å². The Morgan fingerprint density at radius 3 is 3.18 bits per heavy atom. The van der Waals surface area contributed by atoms with Crippen molar-refractivity contribution in [1.82, 2.24) is 4.98 Å². The Morgan fingerprint density at radius 2 is 2.55 bits per heavy atom. The summed E-state index contributed by atoms with van der Waals surface area (Å²) in [6.45, 7) is 0. The van der Waals surface area contributed by atoms with Gasteiger partial charge < -0.3 is 9.53 Å². The van der Waals surface area contributed by atoms with Gasteiger partial charge in [-0.3, -0.25) is 4.98 Å². The van der Waals surface area contributed by atoms with E-state index in [1.807, 2.05) is 0 Å². The lowest BCUT2D eigenvalue weighted by Gasteiger charge is -2.02. The standard InChI is InChI=1S/C8H9NO2/c1-11-8-6-9-4-2-7(8)3-5-10/h2,4-6H,3H2,1H3. The van der Waals surface area contributed by atoms with E-state index in [4.69, 9.17) is 4.74 Å². The summed E-state index contributed by atoms with van der Waals surface area (Å²) in [6, 6.07) is 1.77. The molecule has 0 saturated carbocycles. The molecule has 0 fully saturated rings. The third-order valence-corrected chi connectivity index (χ3v) is 1.39. The predicted molar refractivity (Wildman–Crippen MR) is 40.6 cm³/mol. The van der Waals surface area contributed by atoms with Crippen LogP contribution in [0.2, 0.25) is 0 Å². The minimum Gasteiger partial charge on any atom is -0.495 e. The van der Waals surface area contributed by atoms with Crippen molar-refractivity contribution in [3.63, 3.8) is 0 Å². The highest BCUT2D eigenvalue weighted by atomic mass is 16.5. The molecular weight excluding hydrogens is 142 g/mol. The highest BCUT2D eigenvalue weighted by Crippen LogP contribution is 2.14. The molecule has 1 heterocycles. The molecule has 0 aliphatic carbocycles. The van der Waals surface area contributed by atoms with Gasteiger partial charge in [0.05, 0.1) is 13.3 Å². The zero-order chi connectivity index (χ0) is 8.10. The van der Waals surface area contributed by atoms with Crippen LogP contribution in [-0.4, -0.2) is 18.4 Å². The zero-order valence-corrected chi connectivity index (χ0v) is 6.28. The maximum atomic E-state index is 10.2. The summed E-state index contributed by atoms with van der Waals surface area (Å²) in [5.41, 5.74) is 0.873. The van der Waals surface area contributed by atoms with E-state index in [0.29, 0.717) is 12.2 Å². The van der Waals surface area contributed by atoms with Crippen molar-refractivity contribution < 1.29 is 9.53 Å². The lowest BCUT2D eigenvalue weighted by atomic mass is 10.2. The second kappa shape index (κ2) is 3.71. The summed E-state index contributed by atoms with van der Waals surface area (Å²) < 4.78 is 4.98. The highest BCUT2D eigenvalue weighted by Gasteiger charge is 1.99. The van der Waals surface area contributed by atoms with Gasteiger partial charge in [-0.05, 0) is 6.07 Å². The smallest absolute Gasteiger partial charge is 0.140 e. The van der Waals surface area contributed by atoms with Crippen LogP contribution >= 0.6 is 0 Å². The molecule has 0 amide bonds. The third kappa shape index (κ3) is 1.77. The predicted octanol–water partition coefficient (Wildman–Crippen LogP) is 0.832. The molecule has 0 radical (unpaired) electrons. The first kappa shape index (κ1) is 7.72. The minimum absolute atomic E-state index is 0.381. The van der Waals surface area contributed by atoms with Gasteiger partial charge >= 0.3 is 0 Å². The van der Waals surface area contributed by atoms with E-state index in [1.54, 1.807) is 25.6 Å². The van der Waals surface area contributed by atoms with Crippen molar-refractivity contribution in [3.05, 3.63) is 24.0 Å². The summed E-state index contributed by atoms with van der Waals surface area (Å²) in [6.07, 6.45) is 4.46. The quantitative estimate of drug-likeness (QED) is 0.601. The molecule has 0 saturated heterocycles. The normalized spacial score (nSPS) is 9.18. The number of hydrogen-bond acceptors (Lipinski definition) is 3. The third-order valence-electron chi connectivity index (χ3n) is 1.39. The molecule has 3 heteroatoms. The van der Waals surface area contributed by atoms with Crippen LogP contribution in [0, 0.1) is 0 Å². The van der Waals surface area contributed by atoms with Gasteiger partial charge in [-0.25, -0.2) is 0 Å². The molecule has 0 aliphatic rings. The number of nitrogens with zero attached hydrogens (tertiary/aromatic N) is 1. The summed E-state index contributed by atoms with van der Waals surface area (Å²) >= 11 is 0. The molecule has 0 N–H and O–H groups in total. The van der Waals surface area contributed by atoms with Crippen LogP contribution in [-0.2, 0) is 11.2 Å². The van der Waals surface area contributed by atoms with E-state index >= 15 is 0 Å². The van der Waals surface area contributed by atoms with Crippen LogP contribution in [0.5, 0.6) is 5.75 Å². The molecule has 1 rings (SSSR count). The summed E-state index contributed by atoms with van der Waals surface area (Å²) in [7, 11) is 1.56. The first-order chi connectivity index (χ1) is 5.38. The van der Waals surface area contributed by atoms with E-state index in [1.165, 1.54) is 0 Å². The van der Waals surface area contributed by atoms with Gasteiger partial charge in [-0.15, -0.1) is 0 Å². The Hall–Kier alpha value is -1.38. The topological polar surface area (TPSA) is 39.2 Å². The van der Waals surface area contributed by atoms with E-state index in [2.05, 4.69) is 4.98 Å². The van der Waals surface area contributed by atoms with Crippen LogP contribution in [0.1, 0.15) is 5.56 Å². The zero-order valence-electron chi connectivity index (χ0n) is 6.28. The fourth-order valence-corrected chi connectivity index (χ4v) is 0.851. The largest absolute Gasteiger partial charge is 0.495 e. The Morgan fingerprint density at radius 1 is 1.73 bits per heavy atom.